The summed E-state index contributed by atoms with van der Waals surface area (Å²) >= 11 is 6.28. The molecule has 1 aromatic rings. The van der Waals surface area contributed by atoms with E-state index >= 15 is 0 Å². The lowest BCUT2D eigenvalue weighted by molar-refractivity contribution is -0.142. The Hall–Kier alpha value is -1.07. The van der Waals surface area contributed by atoms with Crippen molar-refractivity contribution in [2.45, 2.75) is 52.6 Å². The summed E-state index contributed by atoms with van der Waals surface area (Å²) in [6, 6.07) is 1.90. The Balaban J connectivity index is 2.50. The van der Waals surface area contributed by atoms with Crippen LogP contribution in [-0.4, -0.2) is 25.1 Å². The minimum Gasteiger partial charge on any atom is -0.541 e. The molecule has 1 heterocycles. The molecule has 6 heteroatoms. The first kappa shape index (κ1) is 17.3. The van der Waals surface area contributed by atoms with E-state index < -0.39 is 15.0 Å². The highest BCUT2D eigenvalue weighted by molar-refractivity contribution is 6.49. The van der Waals surface area contributed by atoms with Crippen molar-refractivity contribution < 1.29 is 14.3 Å². The molecule has 1 aliphatic rings. The Morgan fingerprint density at radius 1 is 1.45 bits per heavy atom. The van der Waals surface area contributed by atoms with Gasteiger partial charge < -0.3 is 9.53 Å². The summed E-state index contributed by atoms with van der Waals surface area (Å²) in [5.74, 6) is -0.455. The smallest absolute Gasteiger partial charge is 0.306 e. The first-order valence-electron chi connectivity index (χ1n) is 7.49. The molecule has 2 atom stereocenters. The minimum absolute atomic E-state index is 0.0635. The summed E-state index contributed by atoms with van der Waals surface area (Å²) in [6.07, 6.45) is 1.10. The van der Waals surface area contributed by atoms with Gasteiger partial charge in [-0.2, -0.15) is 0 Å². The third-order valence-electron chi connectivity index (χ3n) is 4.08. The van der Waals surface area contributed by atoms with E-state index in [0.29, 0.717) is 23.7 Å². The molecule has 0 bridgehead atoms. The Labute approximate surface area is 138 Å². The fraction of sp³-hybridized carbons (Fsp3) is 0.625. The molecular formula is C16H23ClNO3Si. The predicted octanol–water partition coefficient (Wildman–Crippen LogP) is 4.14. The molecule has 1 radical (unpaired) electrons. The van der Waals surface area contributed by atoms with Gasteiger partial charge in [0.2, 0.25) is 0 Å². The van der Waals surface area contributed by atoms with Gasteiger partial charge in [0.1, 0.15) is 5.75 Å². The molecule has 2 rings (SSSR count). The summed E-state index contributed by atoms with van der Waals surface area (Å²) in [5, 5.41) is 9.83. The third-order valence-corrected chi connectivity index (χ3v) is 4.98. The van der Waals surface area contributed by atoms with Gasteiger partial charge in [-0.15, -0.1) is 0 Å². The number of hydrogen-bond acceptors (Lipinski definition) is 3. The lowest BCUT2D eigenvalue weighted by Crippen LogP contribution is -2.32. The molecule has 4 nitrogen and oxygen atoms in total. The van der Waals surface area contributed by atoms with Crippen molar-refractivity contribution in [1.82, 2.24) is 4.98 Å². The molecule has 0 saturated heterocycles. The van der Waals surface area contributed by atoms with Crippen LogP contribution in [-0.2, 0) is 11.2 Å². The van der Waals surface area contributed by atoms with Crippen molar-refractivity contribution in [3.05, 3.63) is 22.5 Å². The van der Waals surface area contributed by atoms with Crippen LogP contribution in [0.4, 0.5) is 0 Å². The van der Waals surface area contributed by atoms with Crippen LogP contribution in [0.5, 0.6) is 5.75 Å². The van der Waals surface area contributed by atoms with Crippen molar-refractivity contribution >= 4 is 26.6 Å². The van der Waals surface area contributed by atoms with Crippen LogP contribution in [0.15, 0.2) is 6.07 Å². The molecular weight excluding hydrogens is 318 g/mol. The summed E-state index contributed by atoms with van der Waals surface area (Å²) < 4.78 is 5.79. The average Bonchev–Trinajstić information content (AvgIpc) is 2.36. The highest BCUT2D eigenvalue weighted by atomic mass is 35.5. The van der Waals surface area contributed by atoms with E-state index in [4.69, 9.17) is 16.0 Å². The Morgan fingerprint density at radius 2 is 2.09 bits per heavy atom. The van der Waals surface area contributed by atoms with Gasteiger partial charge in [-0.3, -0.25) is 4.79 Å². The summed E-state index contributed by atoms with van der Waals surface area (Å²) in [7, 11) is -0.947. The Kier molecular flexibility index (Phi) is 4.87. The molecule has 1 aliphatic carbocycles. The van der Waals surface area contributed by atoms with Crippen molar-refractivity contribution in [2.24, 2.45) is 11.3 Å². The normalized spacial score (nSPS) is 21.6. The van der Waals surface area contributed by atoms with Gasteiger partial charge in [0, 0.05) is 11.6 Å². The zero-order valence-corrected chi connectivity index (χ0v) is 15.5. The van der Waals surface area contributed by atoms with Crippen molar-refractivity contribution in [2.75, 3.05) is 0 Å². The lowest BCUT2D eigenvalue weighted by atomic mass is 9.68. The number of pyridine rings is 1. The standard InChI is InChI=1S/C16H23ClNO3Si/c1-16(2,3)11-7-10(15(19)20)6-9-8-12(21-22(4)5)14(17)18-13(9)11/h8,10-11H,6-7H2,1-5H3,(H,19,20). The molecule has 2 unspecified atom stereocenters. The van der Waals surface area contributed by atoms with E-state index in [2.05, 4.69) is 25.8 Å². The fourth-order valence-electron chi connectivity index (χ4n) is 2.98. The topological polar surface area (TPSA) is 59.4 Å². The van der Waals surface area contributed by atoms with Gasteiger partial charge in [0.05, 0.1) is 5.92 Å². The van der Waals surface area contributed by atoms with Gasteiger partial charge in [-0.25, -0.2) is 4.98 Å². The Bertz CT molecular complexity index is 583. The summed E-state index contributed by atoms with van der Waals surface area (Å²) in [6.45, 7) is 10.4. The number of carboxylic acid groups (broad SMARTS) is 1. The molecule has 0 amide bonds. The maximum absolute atomic E-state index is 11.5. The van der Waals surface area contributed by atoms with Crippen LogP contribution in [0, 0.1) is 11.3 Å². The molecule has 1 aromatic heterocycles. The number of aliphatic carboxylic acids is 1. The molecule has 1 N–H and O–H groups in total. The van der Waals surface area contributed by atoms with Crippen LogP contribution >= 0.6 is 11.6 Å². The number of aromatic nitrogens is 1. The van der Waals surface area contributed by atoms with Crippen molar-refractivity contribution in [1.29, 1.82) is 0 Å². The van der Waals surface area contributed by atoms with Gasteiger partial charge in [0.15, 0.2) is 5.15 Å². The number of carboxylic acids is 1. The van der Waals surface area contributed by atoms with Gasteiger partial charge in [-0.1, -0.05) is 32.4 Å². The quantitative estimate of drug-likeness (QED) is 0.663. The monoisotopic (exact) mass is 340 g/mol. The van der Waals surface area contributed by atoms with E-state index in [9.17, 15) is 9.90 Å². The number of fused-ring (bicyclic) bond motifs is 1. The lowest BCUT2D eigenvalue weighted by Gasteiger charge is -2.37. The first-order valence-corrected chi connectivity index (χ1v) is 10.3. The van der Waals surface area contributed by atoms with Crippen LogP contribution in [0.1, 0.15) is 44.4 Å². The molecule has 0 aromatic carbocycles. The van der Waals surface area contributed by atoms with Crippen LogP contribution in [0.25, 0.3) is 0 Å². The summed E-state index contributed by atoms with van der Waals surface area (Å²) in [5.41, 5.74) is 1.83. The molecule has 0 fully saturated rings. The van der Waals surface area contributed by atoms with Gasteiger partial charge in [0.25, 0.3) is 9.04 Å². The fourth-order valence-corrected chi connectivity index (χ4v) is 3.82. The molecule has 0 spiro atoms. The highest BCUT2D eigenvalue weighted by Gasteiger charge is 2.38. The molecule has 0 saturated carbocycles. The van der Waals surface area contributed by atoms with Crippen LogP contribution in [0.2, 0.25) is 18.2 Å². The largest absolute Gasteiger partial charge is 0.541 e. The SMILES string of the molecule is C[Si](C)Oc1cc2c(nc1Cl)C(C(C)(C)C)CC(C(=O)O)C2. The zero-order chi connectivity index (χ0) is 16.7. The Morgan fingerprint density at radius 3 is 2.59 bits per heavy atom. The first-order chi connectivity index (χ1) is 10.1. The van der Waals surface area contributed by atoms with E-state index in [0.717, 1.165) is 11.3 Å². The van der Waals surface area contributed by atoms with Gasteiger partial charge in [-0.05, 0) is 43.0 Å². The molecule has 121 valence electrons. The maximum atomic E-state index is 11.5. The van der Waals surface area contributed by atoms with E-state index in [1.54, 1.807) is 0 Å². The number of carbonyl (C=O) groups is 1. The average molecular weight is 341 g/mol. The molecule has 0 aliphatic heterocycles. The number of hydrogen-bond donors (Lipinski definition) is 1. The number of rotatable bonds is 3. The second-order valence-electron chi connectivity index (χ2n) is 7.23. The second kappa shape index (κ2) is 6.20. The van der Waals surface area contributed by atoms with E-state index in [1.807, 2.05) is 19.2 Å². The molecule has 22 heavy (non-hydrogen) atoms. The third kappa shape index (κ3) is 3.63. The van der Waals surface area contributed by atoms with Crippen molar-refractivity contribution in [3.8, 4) is 5.75 Å². The van der Waals surface area contributed by atoms with Crippen molar-refractivity contribution in [3.63, 3.8) is 0 Å². The maximum Gasteiger partial charge on any atom is 0.306 e. The second-order valence-corrected chi connectivity index (χ2v) is 9.60. The zero-order valence-electron chi connectivity index (χ0n) is 13.7. The predicted molar refractivity (Wildman–Crippen MR) is 89.0 cm³/mol. The van der Waals surface area contributed by atoms with E-state index in [-0.39, 0.29) is 17.3 Å². The number of nitrogens with zero attached hydrogens (tertiary/aromatic N) is 1. The van der Waals surface area contributed by atoms with Crippen LogP contribution in [0.3, 0.4) is 0 Å². The van der Waals surface area contributed by atoms with Gasteiger partial charge >= 0.3 is 5.97 Å². The number of halogens is 1. The minimum atomic E-state index is -0.947. The van der Waals surface area contributed by atoms with E-state index in [1.165, 1.54) is 0 Å². The van der Waals surface area contributed by atoms with Crippen LogP contribution < -0.4 is 4.43 Å². The summed E-state index contributed by atoms with van der Waals surface area (Å²) in [4.78, 5) is 16.1. The highest BCUT2D eigenvalue weighted by Crippen LogP contribution is 2.46.